The predicted molar refractivity (Wildman–Crippen MR) is 68.1 cm³/mol. The van der Waals surface area contributed by atoms with Crippen LogP contribution in [0.3, 0.4) is 0 Å². The second kappa shape index (κ2) is 3.10. The fraction of sp³-hybridized carbons (Fsp3) is 0.267. The van der Waals surface area contributed by atoms with E-state index in [1.54, 1.807) is 0 Å². The first-order chi connectivity index (χ1) is 8.01. The zero-order valence-corrected chi connectivity index (χ0v) is 10.1. The van der Waals surface area contributed by atoms with E-state index >= 15 is 0 Å². The Kier molecular flexibility index (Phi) is 1.88. The number of hydrogen-bond acceptors (Lipinski definition) is 2. The summed E-state index contributed by atoms with van der Waals surface area (Å²) < 4.78 is 0. The molecule has 2 N–H and O–H groups in total. The van der Waals surface area contributed by atoms with Crippen LogP contribution in [0.2, 0.25) is 0 Å². The monoisotopic (exact) mass is 225 g/mol. The molecule has 0 unspecified atom stereocenters. The second-order valence-electron chi connectivity index (χ2n) is 5.28. The van der Waals surface area contributed by atoms with Gasteiger partial charge in [-0.1, -0.05) is 24.3 Å². The first-order valence-corrected chi connectivity index (χ1v) is 5.85. The van der Waals surface area contributed by atoms with E-state index in [-0.39, 0.29) is 5.78 Å². The lowest BCUT2D eigenvalue weighted by molar-refractivity contribution is -0.121. The van der Waals surface area contributed by atoms with Crippen molar-refractivity contribution in [2.45, 2.75) is 20.3 Å². The number of benzene rings is 1. The fourth-order valence-corrected chi connectivity index (χ4v) is 2.60. The summed E-state index contributed by atoms with van der Waals surface area (Å²) in [5.74, 6) is 0.170. The van der Waals surface area contributed by atoms with Gasteiger partial charge in [-0.3, -0.25) is 4.79 Å². The van der Waals surface area contributed by atoms with Crippen molar-refractivity contribution in [3.8, 4) is 0 Å². The summed E-state index contributed by atoms with van der Waals surface area (Å²) in [6.07, 6.45) is 2.72. The van der Waals surface area contributed by atoms with Gasteiger partial charge in [0.15, 0.2) is 5.78 Å². The lowest BCUT2D eigenvalue weighted by Gasteiger charge is -2.28. The molecule has 0 saturated heterocycles. The molecule has 0 fully saturated rings. The molecule has 2 aliphatic carbocycles. The SMILES string of the molecule is CC1(C)C(=O)C2=C(C=C1N)c1ccccc1C2. The highest BCUT2D eigenvalue weighted by Crippen LogP contribution is 2.43. The first kappa shape index (κ1) is 10.3. The molecule has 3 rings (SSSR count). The molecule has 2 aliphatic rings. The van der Waals surface area contributed by atoms with E-state index in [9.17, 15) is 4.79 Å². The van der Waals surface area contributed by atoms with Gasteiger partial charge in [-0.25, -0.2) is 0 Å². The molecule has 0 radical (unpaired) electrons. The van der Waals surface area contributed by atoms with E-state index < -0.39 is 5.41 Å². The van der Waals surface area contributed by atoms with Crippen molar-refractivity contribution in [2.75, 3.05) is 0 Å². The average molecular weight is 225 g/mol. The number of hydrogen-bond donors (Lipinski definition) is 1. The van der Waals surface area contributed by atoms with Crippen molar-refractivity contribution in [3.63, 3.8) is 0 Å². The lowest BCUT2D eigenvalue weighted by atomic mass is 9.76. The number of Topliss-reactive ketones (excluding diaryl/α,β-unsaturated/α-hetero) is 1. The van der Waals surface area contributed by atoms with E-state index in [0.717, 1.165) is 23.1 Å². The van der Waals surface area contributed by atoms with Crippen molar-refractivity contribution < 1.29 is 4.79 Å². The van der Waals surface area contributed by atoms with Gasteiger partial charge < -0.3 is 5.73 Å². The Morgan fingerprint density at radius 1 is 1.24 bits per heavy atom. The molecule has 0 saturated carbocycles. The quantitative estimate of drug-likeness (QED) is 0.737. The topological polar surface area (TPSA) is 43.1 Å². The Bertz CT molecular complexity index is 591. The van der Waals surface area contributed by atoms with Gasteiger partial charge in [0, 0.05) is 17.7 Å². The van der Waals surface area contributed by atoms with E-state index in [1.165, 1.54) is 5.56 Å². The minimum Gasteiger partial charge on any atom is -0.401 e. The summed E-state index contributed by atoms with van der Waals surface area (Å²) in [4.78, 5) is 12.4. The molecule has 86 valence electrons. The van der Waals surface area contributed by atoms with Gasteiger partial charge in [0.05, 0.1) is 5.41 Å². The van der Waals surface area contributed by atoms with Crippen LogP contribution < -0.4 is 5.73 Å². The van der Waals surface area contributed by atoms with Crippen LogP contribution in [0.1, 0.15) is 25.0 Å². The third-order valence-electron chi connectivity index (χ3n) is 3.86. The van der Waals surface area contributed by atoms with Crippen LogP contribution in [0.25, 0.3) is 5.57 Å². The predicted octanol–water partition coefficient (Wildman–Crippen LogP) is 2.45. The maximum atomic E-state index is 12.4. The summed E-state index contributed by atoms with van der Waals surface area (Å²) in [5, 5.41) is 0. The highest BCUT2D eigenvalue weighted by molar-refractivity contribution is 6.13. The van der Waals surface area contributed by atoms with Crippen molar-refractivity contribution in [1.29, 1.82) is 0 Å². The first-order valence-electron chi connectivity index (χ1n) is 5.85. The molecule has 0 aliphatic heterocycles. The van der Waals surface area contributed by atoms with Crippen molar-refractivity contribution in [3.05, 3.63) is 52.7 Å². The van der Waals surface area contributed by atoms with E-state index in [2.05, 4.69) is 12.1 Å². The Labute approximate surface area is 101 Å². The molecule has 0 heterocycles. The van der Waals surface area contributed by atoms with Gasteiger partial charge in [0.25, 0.3) is 0 Å². The molecular formula is C15H15NO. The maximum absolute atomic E-state index is 12.4. The molecular weight excluding hydrogens is 210 g/mol. The van der Waals surface area contributed by atoms with Crippen molar-refractivity contribution in [1.82, 2.24) is 0 Å². The highest BCUT2D eigenvalue weighted by atomic mass is 16.1. The van der Waals surface area contributed by atoms with E-state index in [1.807, 2.05) is 32.1 Å². The average Bonchev–Trinajstić information content (AvgIpc) is 2.66. The molecule has 0 aromatic heterocycles. The summed E-state index contributed by atoms with van der Waals surface area (Å²) in [7, 11) is 0. The standard InChI is InChI=1S/C15H15NO/c1-15(2)13(16)8-11-10-6-4-3-5-9(10)7-12(11)14(15)17/h3-6,8H,7,16H2,1-2H3. The summed E-state index contributed by atoms with van der Waals surface area (Å²) >= 11 is 0. The number of allylic oxidation sites excluding steroid dienone is 4. The van der Waals surface area contributed by atoms with Gasteiger partial charge in [-0.15, -0.1) is 0 Å². The Morgan fingerprint density at radius 2 is 1.94 bits per heavy atom. The largest absolute Gasteiger partial charge is 0.401 e. The third-order valence-corrected chi connectivity index (χ3v) is 3.86. The summed E-state index contributed by atoms with van der Waals surface area (Å²) in [6.45, 7) is 3.79. The number of carbonyl (C=O) groups is 1. The Hall–Kier alpha value is -1.83. The molecule has 1 aromatic rings. The lowest BCUT2D eigenvalue weighted by Crippen LogP contribution is -2.34. The van der Waals surface area contributed by atoms with Gasteiger partial charge in [0.2, 0.25) is 0 Å². The minimum absolute atomic E-state index is 0.170. The molecule has 0 atom stereocenters. The van der Waals surface area contributed by atoms with Gasteiger partial charge in [-0.2, -0.15) is 0 Å². The molecule has 17 heavy (non-hydrogen) atoms. The Balaban J connectivity index is 2.21. The van der Waals surface area contributed by atoms with Crippen LogP contribution in [0.5, 0.6) is 0 Å². The van der Waals surface area contributed by atoms with Crippen LogP contribution in [-0.4, -0.2) is 5.78 Å². The summed E-state index contributed by atoms with van der Waals surface area (Å²) in [6, 6.07) is 8.16. The molecule has 0 amide bonds. The Morgan fingerprint density at radius 3 is 2.71 bits per heavy atom. The van der Waals surface area contributed by atoms with Crippen LogP contribution >= 0.6 is 0 Å². The van der Waals surface area contributed by atoms with Crippen LogP contribution in [0, 0.1) is 5.41 Å². The number of rotatable bonds is 0. The van der Waals surface area contributed by atoms with Crippen LogP contribution in [-0.2, 0) is 11.2 Å². The van der Waals surface area contributed by atoms with E-state index in [4.69, 9.17) is 5.73 Å². The normalized spacial score (nSPS) is 21.1. The maximum Gasteiger partial charge on any atom is 0.171 e. The van der Waals surface area contributed by atoms with Gasteiger partial charge >= 0.3 is 0 Å². The number of ketones is 1. The highest BCUT2D eigenvalue weighted by Gasteiger charge is 2.40. The molecule has 2 heteroatoms. The third kappa shape index (κ3) is 1.24. The molecule has 1 aromatic carbocycles. The second-order valence-corrected chi connectivity index (χ2v) is 5.28. The van der Waals surface area contributed by atoms with Crippen molar-refractivity contribution >= 4 is 11.4 Å². The molecule has 0 spiro atoms. The number of carbonyl (C=O) groups excluding carboxylic acids is 1. The fourth-order valence-electron chi connectivity index (χ4n) is 2.60. The van der Waals surface area contributed by atoms with Gasteiger partial charge in [-0.05, 0) is 36.6 Å². The van der Waals surface area contributed by atoms with Crippen molar-refractivity contribution in [2.24, 2.45) is 11.1 Å². The van der Waals surface area contributed by atoms with Crippen LogP contribution in [0.15, 0.2) is 41.6 Å². The number of fused-ring (bicyclic) bond motifs is 2. The van der Waals surface area contributed by atoms with Gasteiger partial charge in [0.1, 0.15) is 0 Å². The molecule has 2 nitrogen and oxygen atoms in total. The zero-order valence-electron chi connectivity index (χ0n) is 10.1. The smallest absolute Gasteiger partial charge is 0.171 e. The van der Waals surface area contributed by atoms with E-state index in [0.29, 0.717) is 5.70 Å². The summed E-state index contributed by atoms with van der Waals surface area (Å²) in [5.41, 5.74) is 10.5. The zero-order chi connectivity index (χ0) is 12.2. The number of nitrogens with two attached hydrogens (primary N) is 1. The van der Waals surface area contributed by atoms with Crippen LogP contribution in [0.4, 0.5) is 0 Å². The molecule has 0 bridgehead atoms. The minimum atomic E-state index is -0.555.